The van der Waals surface area contributed by atoms with Crippen LogP contribution in [0.4, 0.5) is 0 Å². The van der Waals surface area contributed by atoms with E-state index in [1.807, 2.05) is 25.1 Å². The second-order valence-electron chi connectivity index (χ2n) is 4.24. The highest BCUT2D eigenvalue weighted by Crippen LogP contribution is 2.23. The summed E-state index contributed by atoms with van der Waals surface area (Å²) in [5.74, 6) is 0.253. The van der Waals surface area contributed by atoms with Crippen molar-refractivity contribution in [3.05, 3.63) is 33.8 Å². The van der Waals surface area contributed by atoms with Crippen molar-refractivity contribution in [1.29, 1.82) is 0 Å². The van der Waals surface area contributed by atoms with E-state index in [9.17, 15) is 4.79 Å². The molecule has 2 rings (SSSR count). The average Bonchev–Trinajstić information content (AvgIpc) is 2.33. The maximum Gasteiger partial charge on any atom is 0.168 e. The van der Waals surface area contributed by atoms with Crippen LogP contribution in [-0.4, -0.2) is 19.0 Å². The van der Waals surface area contributed by atoms with Crippen LogP contribution in [0.3, 0.4) is 0 Å². The van der Waals surface area contributed by atoms with Gasteiger partial charge in [0.05, 0.1) is 6.61 Å². The predicted molar refractivity (Wildman–Crippen MR) is 66.8 cm³/mol. The van der Waals surface area contributed by atoms with Gasteiger partial charge in [-0.15, -0.1) is 0 Å². The molecule has 1 aliphatic rings. The number of rotatable bonds is 2. The zero-order chi connectivity index (χ0) is 11.5. The molecule has 86 valence electrons. The molecule has 1 atom stereocenters. The Bertz CT molecular complexity index is 395. The van der Waals surface area contributed by atoms with E-state index in [0.717, 1.165) is 35.0 Å². The maximum absolute atomic E-state index is 12.2. The summed E-state index contributed by atoms with van der Waals surface area (Å²) in [5, 5.41) is 0. The molecule has 0 amide bonds. The monoisotopic (exact) mass is 282 g/mol. The van der Waals surface area contributed by atoms with Crippen molar-refractivity contribution in [2.45, 2.75) is 19.8 Å². The normalized spacial score (nSPS) is 20.8. The average molecular weight is 283 g/mol. The van der Waals surface area contributed by atoms with Crippen LogP contribution < -0.4 is 0 Å². The Morgan fingerprint density at radius 3 is 2.94 bits per heavy atom. The van der Waals surface area contributed by atoms with Gasteiger partial charge in [0.15, 0.2) is 5.78 Å². The summed E-state index contributed by atoms with van der Waals surface area (Å²) in [5.41, 5.74) is 1.93. The maximum atomic E-state index is 12.2. The van der Waals surface area contributed by atoms with Crippen LogP contribution in [0, 0.1) is 12.8 Å². The van der Waals surface area contributed by atoms with Gasteiger partial charge in [0.25, 0.3) is 0 Å². The minimum atomic E-state index is 0.0448. The molecule has 0 radical (unpaired) electrons. The minimum Gasteiger partial charge on any atom is -0.381 e. The molecular weight excluding hydrogens is 268 g/mol. The third kappa shape index (κ3) is 2.53. The second-order valence-corrected chi connectivity index (χ2v) is 5.10. The van der Waals surface area contributed by atoms with Crippen molar-refractivity contribution in [2.24, 2.45) is 5.92 Å². The lowest BCUT2D eigenvalue weighted by molar-refractivity contribution is 0.0461. The van der Waals surface area contributed by atoms with Gasteiger partial charge in [0.2, 0.25) is 0 Å². The summed E-state index contributed by atoms with van der Waals surface area (Å²) >= 11 is 3.45. The fourth-order valence-corrected chi connectivity index (χ4v) is 2.31. The third-order valence-electron chi connectivity index (χ3n) is 2.99. The lowest BCUT2D eigenvalue weighted by atomic mass is 9.92. The summed E-state index contributed by atoms with van der Waals surface area (Å²) in [4.78, 5) is 12.2. The van der Waals surface area contributed by atoms with Crippen LogP contribution in [0.25, 0.3) is 0 Å². The Balaban J connectivity index is 2.16. The van der Waals surface area contributed by atoms with Crippen LogP contribution in [0.15, 0.2) is 22.7 Å². The number of hydrogen-bond acceptors (Lipinski definition) is 2. The molecule has 0 aliphatic carbocycles. The number of hydrogen-bond donors (Lipinski definition) is 0. The largest absolute Gasteiger partial charge is 0.381 e. The molecule has 3 heteroatoms. The van der Waals surface area contributed by atoms with Crippen molar-refractivity contribution in [1.82, 2.24) is 0 Å². The number of ketones is 1. The molecule has 0 N–H and O–H groups in total. The molecule has 0 bridgehead atoms. The van der Waals surface area contributed by atoms with E-state index < -0.39 is 0 Å². The molecule has 16 heavy (non-hydrogen) atoms. The topological polar surface area (TPSA) is 26.3 Å². The van der Waals surface area contributed by atoms with Crippen LogP contribution >= 0.6 is 15.9 Å². The number of Topliss-reactive ketones (excluding diaryl/α,β-unsaturated/α-hetero) is 1. The first-order valence-electron chi connectivity index (χ1n) is 5.56. The van der Waals surface area contributed by atoms with Gasteiger partial charge < -0.3 is 4.74 Å². The number of ether oxygens (including phenoxy) is 1. The van der Waals surface area contributed by atoms with Crippen LogP contribution in [0.1, 0.15) is 28.8 Å². The first kappa shape index (κ1) is 11.8. The van der Waals surface area contributed by atoms with E-state index in [0.29, 0.717) is 6.61 Å². The molecule has 1 aliphatic heterocycles. The molecule has 2 nitrogen and oxygen atoms in total. The Kier molecular flexibility index (Phi) is 3.77. The van der Waals surface area contributed by atoms with Gasteiger partial charge in [0.1, 0.15) is 0 Å². The highest BCUT2D eigenvalue weighted by Gasteiger charge is 2.23. The zero-order valence-corrected chi connectivity index (χ0v) is 10.9. The van der Waals surface area contributed by atoms with E-state index in [2.05, 4.69) is 15.9 Å². The van der Waals surface area contributed by atoms with Gasteiger partial charge in [0, 0.05) is 22.6 Å². The number of aryl methyl sites for hydroxylation is 1. The lowest BCUT2D eigenvalue weighted by Gasteiger charge is -2.21. The van der Waals surface area contributed by atoms with Gasteiger partial charge in [-0.25, -0.2) is 0 Å². The Labute approximate surface area is 104 Å². The van der Waals surface area contributed by atoms with Gasteiger partial charge in [-0.1, -0.05) is 28.1 Å². The summed E-state index contributed by atoms with van der Waals surface area (Å²) in [6.07, 6.45) is 1.94. The first-order chi connectivity index (χ1) is 7.68. The van der Waals surface area contributed by atoms with Gasteiger partial charge in [-0.2, -0.15) is 0 Å². The standard InChI is InChI=1S/C13H15BrO2/c1-9-4-5-10(7-12(9)14)13(15)11-3-2-6-16-8-11/h4-5,7,11H,2-3,6,8H2,1H3. The quantitative estimate of drug-likeness (QED) is 0.778. The minimum absolute atomic E-state index is 0.0448. The highest BCUT2D eigenvalue weighted by molar-refractivity contribution is 9.10. The van der Waals surface area contributed by atoms with Crippen molar-refractivity contribution in [3.63, 3.8) is 0 Å². The Morgan fingerprint density at radius 2 is 2.31 bits per heavy atom. The zero-order valence-electron chi connectivity index (χ0n) is 9.33. The fraction of sp³-hybridized carbons (Fsp3) is 0.462. The molecule has 1 saturated heterocycles. The fourth-order valence-electron chi connectivity index (χ4n) is 1.93. The van der Waals surface area contributed by atoms with Crippen LogP contribution in [0.2, 0.25) is 0 Å². The van der Waals surface area contributed by atoms with Crippen molar-refractivity contribution in [3.8, 4) is 0 Å². The number of carbonyl (C=O) groups is 1. The molecule has 1 heterocycles. The van der Waals surface area contributed by atoms with E-state index >= 15 is 0 Å². The number of carbonyl (C=O) groups excluding carboxylic acids is 1. The number of halogens is 1. The van der Waals surface area contributed by atoms with E-state index in [1.165, 1.54) is 0 Å². The van der Waals surface area contributed by atoms with Crippen LogP contribution in [-0.2, 0) is 4.74 Å². The Hall–Kier alpha value is -0.670. The molecule has 0 aromatic heterocycles. The number of benzene rings is 1. The molecule has 0 saturated carbocycles. The van der Waals surface area contributed by atoms with Gasteiger partial charge in [-0.3, -0.25) is 4.79 Å². The lowest BCUT2D eigenvalue weighted by Crippen LogP contribution is -2.25. The highest BCUT2D eigenvalue weighted by atomic mass is 79.9. The summed E-state index contributed by atoms with van der Waals surface area (Å²) < 4.78 is 6.34. The van der Waals surface area contributed by atoms with Crippen molar-refractivity contribution >= 4 is 21.7 Å². The molecule has 1 fully saturated rings. The molecule has 0 spiro atoms. The van der Waals surface area contributed by atoms with E-state index in [4.69, 9.17) is 4.74 Å². The predicted octanol–water partition coefficient (Wildman–Crippen LogP) is 3.37. The van der Waals surface area contributed by atoms with E-state index in [-0.39, 0.29) is 11.7 Å². The molecule has 1 aromatic carbocycles. The third-order valence-corrected chi connectivity index (χ3v) is 3.84. The van der Waals surface area contributed by atoms with E-state index in [1.54, 1.807) is 0 Å². The second kappa shape index (κ2) is 5.11. The van der Waals surface area contributed by atoms with Gasteiger partial charge in [-0.05, 0) is 31.4 Å². The summed E-state index contributed by atoms with van der Waals surface area (Å²) in [6, 6.07) is 5.78. The van der Waals surface area contributed by atoms with Crippen molar-refractivity contribution < 1.29 is 9.53 Å². The molecule has 1 unspecified atom stereocenters. The smallest absolute Gasteiger partial charge is 0.168 e. The summed E-state index contributed by atoms with van der Waals surface area (Å²) in [7, 11) is 0. The molecule has 1 aromatic rings. The molecular formula is C13H15BrO2. The van der Waals surface area contributed by atoms with Crippen molar-refractivity contribution in [2.75, 3.05) is 13.2 Å². The van der Waals surface area contributed by atoms with Crippen LogP contribution in [0.5, 0.6) is 0 Å². The SMILES string of the molecule is Cc1ccc(C(=O)C2CCCOC2)cc1Br. The summed E-state index contributed by atoms with van der Waals surface area (Å²) in [6.45, 7) is 3.38. The van der Waals surface area contributed by atoms with Gasteiger partial charge >= 0.3 is 0 Å². The Morgan fingerprint density at radius 1 is 1.50 bits per heavy atom. The first-order valence-corrected chi connectivity index (χ1v) is 6.36.